The number of hydrogen-bond acceptors (Lipinski definition) is 2. The van der Waals surface area contributed by atoms with Crippen molar-refractivity contribution < 1.29 is 9.18 Å². The number of carbonyl (C=O) groups excluding carboxylic acids is 1. The summed E-state index contributed by atoms with van der Waals surface area (Å²) in [5.74, 6) is 0.212. The fourth-order valence-corrected chi connectivity index (χ4v) is 1.50. The van der Waals surface area contributed by atoms with Crippen molar-refractivity contribution in [2.45, 2.75) is 6.92 Å². The van der Waals surface area contributed by atoms with Crippen LogP contribution in [0.25, 0.3) is 5.69 Å². The van der Waals surface area contributed by atoms with Gasteiger partial charge in [0.1, 0.15) is 11.6 Å². The Hall–Kier alpha value is -1.97. The zero-order valence-electron chi connectivity index (χ0n) is 8.14. The van der Waals surface area contributed by atoms with Gasteiger partial charge in [-0.05, 0) is 19.1 Å². The number of aldehydes is 1. The van der Waals surface area contributed by atoms with Gasteiger partial charge in [0.25, 0.3) is 0 Å². The van der Waals surface area contributed by atoms with Crippen LogP contribution < -0.4 is 0 Å². The van der Waals surface area contributed by atoms with Crippen LogP contribution in [0.1, 0.15) is 16.2 Å². The lowest BCUT2D eigenvalue weighted by Gasteiger charge is -2.08. The van der Waals surface area contributed by atoms with E-state index in [4.69, 9.17) is 0 Å². The molecular formula is C11H9FN2O. The summed E-state index contributed by atoms with van der Waals surface area (Å²) in [6.07, 6.45) is 3.83. The van der Waals surface area contributed by atoms with Crippen molar-refractivity contribution >= 4 is 6.29 Å². The molecule has 1 heterocycles. The number of benzene rings is 1. The minimum Gasteiger partial charge on any atom is -0.300 e. The summed E-state index contributed by atoms with van der Waals surface area (Å²) in [4.78, 5) is 14.8. The molecule has 0 fully saturated rings. The summed E-state index contributed by atoms with van der Waals surface area (Å²) >= 11 is 0. The van der Waals surface area contributed by atoms with Gasteiger partial charge in [-0.1, -0.05) is 6.07 Å². The summed E-state index contributed by atoms with van der Waals surface area (Å²) in [5, 5.41) is 0. The Morgan fingerprint density at radius 3 is 2.87 bits per heavy atom. The van der Waals surface area contributed by atoms with Crippen molar-refractivity contribution in [1.82, 2.24) is 9.55 Å². The third kappa shape index (κ3) is 1.54. The lowest BCUT2D eigenvalue weighted by atomic mass is 10.2. The highest BCUT2D eigenvalue weighted by atomic mass is 19.1. The summed E-state index contributed by atoms with van der Waals surface area (Å²) in [6.45, 7) is 1.75. The molecule has 2 aromatic rings. The molecule has 2 rings (SSSR count). The Morgan fingerprint density at radius 2 is 2.27 bits per heavy atom. The van der Waals surface area contributed by atoms with E-state index in [0.29, 0.717) is 17.7 Å². The molecule has 0 bridgehead atoms. The first-order valence-electron chi connectivity index (χ1n) is 4.48. The molecule has 4 heteroatoms. The number of hydrogen-bond donors (Lipinski definition) is 0. The van der Waals surface area contributed by atoms with Gasteiger partial charge in [-0.15, -0.1) is 0 Å². The van der Waals surface area contributed by atoms with Gasteiger partial charge in [0.2, 0.25) is 0 Å². The molecular weight excluding hydrogens is 195 g/mol. The van der Waals surface area contributed by atoms with E-state index < -0.39 is 5.82 Å². The second-order valence-electron chi connectivity index (χ2n) is 3.14. The molecule has 0 aliphatic rings. The third-order valence-corrected chi connectivity index (χ3v) is 2.21. The maximum atomic E-state index is 13.6. The first-order valence-corrected chi connectivity index (χ1v) is 4.48. The lowest BCUT2D eigenvalue weighted by Crippen LogP contribution is -2.03. The molecule has 0 amide bonds. The van der Waals surface area contributed by atoms with Gasteiger partial charge in [0.05, 0.1) is 5.69 Å². The van der Waals surface area contributed by atoms with E-state index in [-0.39, 0.29) is 5.69 Å². The van der Waals surface area contributed by atoms with Crippen LogP contribution >= 0.6 is 0 Å². The summed E-state index contributed by atoms with van der Waals surface area (Å²) < 4.78 is 15.1. The Labute approximate surface area is 86.2 Å². The van der Waals surface area contributed by atoms with E-state index in [2.05, 4.69) is 4.98 Å². The van der Waals surface area contributed by atoms with Gasteiger partial charge in [-0.2, -0.15) is 0 Å². The number of para-hydroxylation sites is 1. The van der Waals surface area contributed by atoms with Crippen LogP contribution in [0.3, 0.4) is 0 Å². The van der Waals surface area contributed by atoms with E-state index in [0.717, 1.165) is 0 Å². The van der Waals surface area contributed by atoms with Crippen molar-refractivity contribution in [1.29, 1.82) is 0 Å². The number of aryl methyl sites for hydroxylation is 1. The van der Waals surface area contributed by atoms with Crippen LogP contribution in [-0.2, 0) is 0 Å². The van der Waals surface area contributed by atoms with Gasteiger partial charge >= 0.3 is 0 Å². The van der Waals surface area contributed by atoms with E-state index in [9.17, 15) is 9.18 Å². The molecule has 0 saturated carbocycles. The molecule has 0 aliphatic heterocycles. The average Bonchev–Trinajstić information content (AvgIpc) is 2.64. The van der Waals surface area contributed by atoms with E-state index in [1.54, 1.807) is 30.0 Å². The van der Waals surface area contributed by atoms with Crippen molar-refractivity contribution in [3.63, 3.8) is 0 Å². The normalized spacial score (nSPS) is 10.3. The summed E-state index contributed by atoms with van der Waals surface area (Å²) in [6, 6.07) is 4.40. The van der Waals surface area contributed by atoms with Crippen molar-refractivity contribution in [3.8, 4) is 5.69 Å². The molecule has 1 aromatic carbocycles. The van der Waals surface area contributed by atoms with Crippen LogP contribution in [0, 0.1) is 12.7 Å². The van der Waals surface area contributed by atoms with E-state index in [1.807, 2.05) is 0 Å². The molecule has 0 N–H and O–H groups in total. The van der Waals surface area contributed by atoms with Gasteiger partial charge < -0.3 is 4.57 Å². The summed E-state index contributed by atoms with van der Waals surface area (Å²) in [7, 11) is 0. The first-order chi connectivity index (χ1) is 7.24. The highest BCUT2D eigenvalue weighted by Crippen LogP contribution is 2.18. The largest absolute Gasteiger partial charge is 0.300 e. The SMILES string of the molecule is Cc1nccn1-c1c(F)cccc1C=O. The highest BCUT2D eigenvalue weighted by Gasteiger charge is 2.11. The molecule has 76 valence electrons. The number of halogens is 1. The van der Waals surface area contributed by atoms with Crippen LogP contribution in [0.4, 0.5) is 4.39 Å². The van der Waals surface area contributed by atoms with E-state index in [1.165, 1.54) is 12.1 Å². The number of carbonyl (C=O) groups is 1. The van der Waals surface area contributed by atoms with Crippen LogP contribution in [-0.4, -0.2) is 15.8 Å². The fourth-order valence-electron chi connectivity index (χ4n) is 1.50. The van der Waals surface area contributed by atoms with Gasteiger partial charge in [0, 0.05) is 18.0 Å². The highest BCUT2D eigenvalue weighted by molar-refractivity contribution is 5.81. The molecule has 0 spiro atoms. The Bertz CT molecular complexity index is 505. The van der Waals surface area contributed by atoms with Crippen molar-refractivity contribution in [2.75, 3.05) is 0 Å². The first kappa shape index (κ1) is 9.58. The Balaban J connectivity index is 2.71. The monoisotopic (exact) mass is 204 g/mol. The van der Waals surface area contributed by atoms with Crippen molar-refractivity contribution in [3.05, 3.63) is 47.8 Å². The molecule has 0 unspecified atom stereocenters. The van der Waals surface area contributed by atoms with Gasteiger partial charge in [0.15, 0.2) is 6.29 Å². The van der Waals surface area contributed by atoms with Gasteiger partial charge in [-0.25, -0.2) is 9.37 Å². The second-order valence-corrected chi connectivity index (χ2v) is 3.14. The predicted octanol–water partition coefficient (Wildman–Crippen LogP) is 2.13. The minimum absolute atomic E-state index is 0.252. The van der Waals surface area contributed by atoms with E-state index >= 15 is 0 Å². The molecule has 3 nitrogen and oxygen atoms in total. The number of imidazole rings is 1. The second kappa shape index (κ2) is 3.65. The average molecular weight is 204 g/mol. The Kier molecular flexibility index (Phi) is 2.33. The molecule has 15 heavy (non-hydrogen) atoms. The molecule has 0 saturated heterocycles. The number of rotatable bonds is 2. The van der Waals surface area contributed by atoms with Crippen LogP contribution in [0.2, 0.25) is 0 Å². The fraction of sp³-hybridized carbons (Fsp3) is 0.0909. The maximum Gasteiger partial charge on any atom is 0.152 e. The Morgan fingerprint density at radius 1 is 1.47 bits per heavy atom. The zero-order chi connectivity index (χ0) is 10.8. The van der Waals surface area contributed by atoms with Crippen molar-refractivity contribution in [2.24, 2.45) is 0 Å². The molecule has 0 atom stereocenters. The topological polar surface area (TPSA) is 34.9 Å². The summed E-state index contributed by atoms with van der Waals surface area (Å²) in [5.41, 5.74) is 0.568. The number of aromatic nitrogens is 2. The molecule has 0 aliphatic carbocycles. The smallest absolute Gasteiger partial charge is 0.152 e. The van der Waals surface area contributed by atoms with Gasteiger partial charge in [-0.3, -0.25) is 4.79 Å². The minimum atomic E-state index is -0.430. The van der Waals surface area contributed by atoms with Crippen LogP contribution in [0.15, 0.2) is 30.6 Å². The maximum absolute atomic E-state index is 13.6. The molecule has 0 radical (unpaired) electrons. The van der Waals surface area contributed by atoms with Crippen LogP contribution in [0.5, 0.6) is 0 Å². The predicted molar refractivity (Wildman–Crippen MR) is 53.6 cm³/mol. The quantitative estimate of drug-likeness (QED) is 0.702. The number of nitrogens with zero attached hydrogens (tertiary/aromatic N) is 2. The third-order valence-electron chi connectivity index (χ3n) is 2.21. The standard InChI is InChI=1S/C11H9FN2O/c1-8-13-5-6-14(8)11-9(7-15)3-2-4-10(11)12/h2-7H,1H3. The zero-order valence-corrected chi connectivity index (χ0v) is 8.14. The lowest BCUT2D eigenvalue weighted by molar-refractivity contribution is 0.112. The molecule has 1 aromatic heterocycles.